The molecule has 0 amide bonds. The number of aromatic nitrogens is 2. The Kier molecular flexibility index (Phi) is 1.94. The zero-order chi connectivity index (χ0) is 10.3. The SMILES string of the molecule is Cc1cc2cn(C(F)F)nc2cc1F. The van der Waals surface area contributed by atoms with Gasteiger partial charge in [-0.3, -0.25) is 0 Å². The van der Waals surface area contributed by atoms with Gasteiger partial charge < -0.3 is 0 Å². The standard InChI is InChI=1S/C9H7F3N2/c1-5-2-6-4-14(9(11)12)13-8(6)3-7(5)10/h2-4,9H,1H3. The molecule has 0 saturated carbocycles. The second-order valence-corrected chi connectivity index (χ2v) is 3.05. The molecule has 14 heavy (non-hydrogen) atoms. The third kappa shape index (κ3) is 1.34. The summed E-state index contributed by atoms with van der Waals surface area (Å²) in [6.45, 7) is -1.11. The highest BCUT2D eigenvalue weighted by molar-refractivity contribution is 5.78. The zero-order valence-electron chi connectivity index (χ0n) is 7.34. The number of hydrogen-bond acceptors (Lipinski definition) is 1. The molecule has 1 aromatic heterocycles. The summed E-state index contributed by atoms with van der Waals surface area (Å²) in [7, 11) is 0. The van der Waals surface area contributed by atoms with E-state index in [0.29, 0.717) is 15.6 Å². The first-order chi connectivity index (χ1) is 6.58. The van der Waals surface area contributed by atoms with Crippen LogP contribution in [0.25, 0.3) is 10.9 Å². The van der Waals surface area contributed by atoms with Crippen molar-refractivity contribution in [2.24, 2.45) is 0 Å². The molecule has 5 heteroatoms. The summed E-state index contributed by atoms with van der Waals surface area (Å²) in [4.78, 5) is 0. The minimum absolute atomic E-state index is 0.244. The fourth-order valence-corrected chi connectivity index (χ4v) is 1.28. The highest BCUT2D eigenvalue weighted by Crippen LogP contribution is 2.20. The molecular formula is C9H7F3N2. The molecule has 1 aromatic carbocycles. The number of benzene rings is 1. The van der Waals surface area contributed by atoms with Crippen molar-refractivity contribution in [2.75, 3.05) is 0 Å². The van der Waals surface area contributed by atoms with Crippen LogP contribution in [0.3, 0.4) is 0 Å². The van der Waals surface area contributed by atoms with Crippen molar-refractivity contribution in [2.45, 2.75) is 13.5 Å². The van der Waals surface area contributed by atoms with Crippen molar-refractivity contribution in [3.8, 4) is 0 Å². The Bertz CT molecular complexity index is 437. The van der Waals surface area contributed by atoms with Gasteiger partial charge in [0.2, 0.25) is 0 Å². The molecule has 74 valence electrons. The van der Waals surface area contributed by atoms with Crippen LogP contribution in [0.4, 0.5) is 13.2 Å². The van der Waals surface area contributed by atoms with Crippen LogP contribution in [0.15, 0.2) is 18.3 Å². The molecule has 0 bridgehead atoms. The predicted molar refractivity (Wildman–Crippen MR) is 45.7 cm³/mol. The predicted octanol–water partition coefficient (Wildman–Crippen LogP) is 2.88. The smallest absolute Gasteiger partial charge is 0.210 e. The van der Waals surface area contributed by atoms with Gasteiger partial charge >= 0.3 is 6.55 Å². The monoisotopic (exact) mass is 200 g/mol. The highest BCUT2D eigenvalue weighted by Gasteiger charge is 2.10. The van der Waals surface area contributed by atoms with E-state index in [-0.39, 0.29) is 5.52 Å². The largest absolute Gasteiger partial charge is 0.333 e. The van der Waals surface area contributed by atoms with Crippen LogP contribution in [-0.2, 0) is 0 Å². The minimum atomic E-state index is -2.69. The van der Waals surface area contributed by atoms with Gasteiger partial charge in [-0.05, 0) is 18.6 Å². The summed E-state index contributed by atoms with van der Waals surface area (Å²) >= 11 is 0. The van der Waals surface area contributed by atoms with E-state index >= 15 is 0 Å². The van der Waals surface area contributed by atoms with E-state index in [1.54, 1.807) is 6.92 Å². The van der Waals surface area contributed by atoms with Crippen LogP contribution < -0.4 is 0 Å². The molecular weight excluding hydrogens is 193 g/mol. The molecule has 0 aliphatic heterocycles. The molecule has 0 atom stereocenters. The second-order valence-electron chi connectivity index (χ2n) is 3.05. The molecule has 0 aliphatic carbocycles. The Labute approximate surface area is 77.9 Å². The first kappa shape index (κ1) is 9.05. The molecule has 0 aliphatic rings. The average Bonchev–Trinajstić information content (AvgIpc) is 2.48. The number of halogens is 3. The molecule has 0 N–H and O–H groups in total. The summed E-state index contributed by atoms with van der Waals surface area (Å²) in [5, 5.41) is 4.06. The van der Waals surface area contributed by atoms with Crippen molar-refractivity contribution in [1.29, 1.82) is 0 Å². The summed E-state index contributed by atoms with van der Waals surface area (Å²) < 4.78 is 38.0. The molecule has 2 nitrogen and oxygen atoms in total. The van der Waals surface area contributed by atoms with Crippen LogP contribution in [0.1, 0.15) is 12.1 Å². The van der Waals surface area contributed by atoms with Gasteiger partial charge in [-0.25, -0.2) is 9.07 Å². The third-order valence-electron chi connectivity index (χ3n) is 2.00. The molecule has 0 saturated heterocycles. The molecule has 0 unspecified atom stereocenters. The Hall–Kier alpha value is -1.52. The van der Waals surface area contributed by atoms with Crippen LogP contribution in [-0.4, -0.2) is 9.78 Å². The summed E-state index contributed by atoms with van der Waals surface area (Å²) in [6, 6.07) is 2.65. The molecule has 0 fully saturated rings. The normalized spacial score (nSPS) is 11.5. The molecule has 0 spiro atoms. The van der Waals surface area contributed by atoms with E-state index in [1.807, 2.05) is 0 Å². The number of rotatable bonds is 1. The van der Waals surface area contributed by atoms with Crippen LogP contribution >= 0.6 is 0 Å². The second kappa shape index (κ2) is 3.01. The number of hydrogen-bond donors (Lipinski definition) is 0. The lowest BCUT2D eigenvalue weighted by atomic mass is 10.2. The van der Waals surface area contributed by atoms with Crippen LogP contribution in [0, 0.1) is 12.7 Å². The Morgan fingerprint density at radius 3 is 2.71 bits per heavy atom. The molecule has 1 heterocycles. The third-order valence-corrected chi connectivity index (χ3v) is 2.00. The van der Waals surface area contributed by atoms with Gasteiger partial charge in [0.15, 0.2) is 0 Å². The van der Waals surface area contributed by atoms with Gasteiger partial charge in [-0.2, -0.15) is 13.9 Å². The first-order valence-electron chi connectivity index (χ1n) is 4.01. The lowest BCUT2D eigenvalue weighted by Gasteiger charge is -1.94. The van der Waals surface area contributed by atoms with Gasteiger partial charge in [0.05, 0.1) is 5.52 Å². The summed E-state index contributed by atoms with van der Waals surface area (Å²) in [5.74, 6) is -0.433. The maximum absolute atomic E-state index is 13.0. The van der Waals surface area contributed by atoms with Gasteiger partial charge in [0.25, 0.3) is 0 Å². The number of alkyl halides is 2. The number of fused-ring (bicyclic) bond motifs is 1. The lowest BCUT2D eigenvalue weighted by molar-refractivity contribution is 0.0573. The average molecular weight is 200 g/mol. The number of nitrogens with zero attached hydrogens (tertiary/aromatic N) is 2. The quantitative estimate of drug-likeness (QED) is 0.692. The van der Waals surface area contributed by atoms with Crippen LogP contribution in [0.5, 0.6) is 0 Å². The van der Waals surface area contributed by atoms with Gasteiger partial charge in [0.1, 0.15) is 5.82 Å². The number of aryl methyl sites for hydroxylation is 1. The van der Waals surface area contributed by atoms with Crippen molar-refractivity contribution >= 4 is 10.9 Å². The summed E-state index contributed by atoms with van der Waals surface area (Å²) in [6.07, 6.45) is 1.20. The Morgan fingerprint density at radius 1 is 1.36 bits per heavy atom. The van der Waals surface area contributed by atoms with Crippen LogP contribution in [0.2, 0.25) is 0 Å². The topological polar surface area (TPSA) is 17.8 Å². The summed E-state index contributed by atoms with van der Waals surface area (Å²) in [5.41, 5.74) is 0.666. The lowest BCUT2D eigenvalue weighted by Crippen LogP contribution is -1.96. The van der Waals surface area contributed by atoms with E-state index in [4.69, 9.17) is 0 Å². The highest BCUT2D eigenvalue weighted by atomic mass is 19.3. The maximum atomic E-state index is 13.0. The van der Waals surface area contributed by atoms with Gasteiger partial charge in [-0.1, -0.05) is 0 Å². The maximum Gasteiger partial charge on any atom is 0.333 e. The van der Waals surface area contributed by atoms with Gasteiger partial charge in [0, 0.05) is 17.6 Å². The van der Waals surface area contributed by atoms with E-state index in [2.05, 4.69) is 5.10 Å². The van der Waals surface area contributed by atoms with Gasteiger partial charge in [-0.15, -0.1) is 0 Å². The van der Waals surface area contributed by atoms with E-state index < -0.39 is 12.4 Å². The minimum Gasteiger partial charge on any atom is -0.210 e. The molecule has 0 radical (unpaired) electrons. The molecule has 2 rings (SSSR count). The Balaban J connectivity index is 2.66. The van der Waals surface area contributed by atoms with Crippen molar-refractivity contribution in [3.63, 3.8) is 0 Å². The zero-order valence-corrected chi connectivity index (χ0v) is 7.34. The molecule has 2 aromatic rings. The van der Waals surface area contributed by atoms with Crippen molar-refractivity contribution in [1.82, 2.24) is 9.78 Å². The van der Waals surface area contributed by atoms with E-state index in [0.717, 1.165) is 6.07 Å². The fraction of sp³-hybridized carbons (Fsp3) is 0.222. The first-order valence-corrected chi connectivity index (χ1v) is 4.01. The Morgan fingerprint density at radius 2 is 2.07 bits per heavy atom. The van der Waals surface area contributed by atoms with E-state index in [1.165, 1.54) is 12.3 Å². The van der Waals surface area contributed by atoms with E-state index in [9.17, 15) is 13.2 Å². The van der Waals surface area contributed by atoms with Crippen molar-refractivity contribution in [3.05, 3.63) is 29.7 Å². The van der Waals surface area contributed by atoms with Crippen molar-refractivity contribution < 1.29 is 13.2 Å². The fourth-order valence-electron chi connectivity index (χ4n) is 1.28.